The number of ether oxygens (including phenoxy) is 4. The Morgan fingerprint density at radius 3 is 2.20 bits per heavy atom. The Morgan fingerprint density at radius 1 is 0.833 bits per heavy atom. The zero-order valence-corrected chi connectivity index (χ0v) is 16.6. The van der Waals surface area contributed by atoms with E-state index in [1.54, 1.807) is 36.4 Å². The highest BCUT2D eigenvalue weighted by Gasteiger charge is 2.13. The maximum absolute atomic E-state index is 12.6. The molecule has 7 heteroatoms. The normalized spacial score (nSPS) is 10.1. The fraction of sp³-hybridized carbons (Fsp3) is 0.130. The second-order valence-electron chi connectivity index (χ2n) is 6.12. The summed E-state index contributed by atoms with van der Waals surface area (Å²) in [7, 11) is 2.74. The SMILES string of the molecule is COC(=O)COc1cc(C(=O)Nc2ccc(Oc3ccccc3)cc2)ccc1OC. The highest BCUT2D eigenvalue weighted by Crippen LogP contribution is 2.29. The molecule has 0 aliphatic heterocycles. The Labute approximate surface area is 174 Å². The number of benzene rings is 3. The van der Waals surface area contributed by atoms with Crippen LogP contribution in [-0.2, 0) is 9.53 Å². The molecule has 3 aromatic rings. The predicted octanol–water partition coefficient (Wildman–Crippen LogP) is 4.29. The number of rotatable bonds is 8. The zero-order chi connectivity index (χ0) is 21.3. The number of amides is 1. The van der Waals surface area contributed by atoms with Gasteiger partial charge in [0.1, 0.15) is 11.5 Å². The minimum Gasteiger partial charge on any atom is -0.493 e. The molecule has 7 nitrogen and oxygen atoms in total. The van der Waals surface area contributed by atoms with E-state index in [1.165, 1.54) is 20.3 Å². The van der Waals surface area contributed by atoms with E-state index in [9.17, 15) is 9.59 Å². The van der Waals surface area contributed by atoms with E-state index in [1.807, 2.05) is 30.3 Å². The van der Waals surface area contributed by atoms with E-state index < -0.39 is 5.97 Å². The smallest absolute Gasteiger partial charge is 0.343 e. The Bertz CT molecular complexity index is 1000. The summed E-state index contributed by atoms with van der Waals surface area (Å²) in [5.74, 6) is 1.18. The third-order valence-corrected chi connectivity index (χ3v) is 4.09. The number of carbonyl (C=O) groups is 2. The van der Waals surface area contributed by atoms with Gasteiger partial charge in [-0.05, 0) is 54.6 Å². The molecule has 3 rings (SSSR count). The number of carbonyl (C=O) groups excluding carboxylic acids is 2. The first-order valence-electron chi connectivity index (χ1n) is 9.11. The third kappa shape index (κ3) is 5.51. The molecule has 0 saturated heterocycles. The van der Waals surface area contributed by atoms with Crippen molar-refractivity contribution in [1.82, 2.24) is 0 Å². The number of hydrogen-bond acceptors (Lipinski definition) is 6. The fourth-order valence-electron chi connectivity index (χ4n) is 2.56. The first-order chi connectivity index (χ1) is 14.6. The molecule has 0 bridgehead atoms. The summed E-state index contributed by atoms with van der Waals surface area (Å²) in [6.45, 7) is -0.291. The van der Waals surface area contributed by atoms with Gasteiger partial charge < -0.3 is 24.3 Å². The van der Waals surface area contributed by atoms with Gasteiger partial charge in [-0.1, -0.05) is 18.2 Å². The second-order valence-corrected chi connectivity index (χ2v) is 6.12. The van der Waals surface area contributed by atoms with E-state index in [0.717, 1.165) is 5.75 Å². The van der Waals surface area contributed by atoms with Crippen LogP contribution in [0.1, 0.15) is 10.4 Å². The van der Waals surface area contributed by atoms with Gasteiger partial charge in [0.15, 0.2) is 18.1 Å². The lowest BCUT2D eigenvalue weighted by atomic mass is 10.1. The lowest BCUT2D eigenvalue weighted by Crippen LogP contribution is -2.15. The van der Waals surface area contributed by atoms with Gasteiger partial charge in [-0.15, -0.1) is 0 Å². The molecule has 0 aliphatic rings. The second kappa shape index (κ2) is 9.97. The standard InChI is InChI=1S/C23H21NO6/c1-27-20-13-8-16(14-21(20)29-15-22(25)28-2)23(26)24-17-9-11-19(12-10-17)30-18-6-4-3-5-7-18/h3-14H,15H2,1-2H3,(H,24,26). The molecule has 0 radical (unpaired) electrons. The minimum absolute atomic E-state index is 0.266. The number of esters is 1. The highest BCUT2D eigenvalue weighted by molar-refractivity contribution is 6.04. The number of nitrogens with one attached hydrogen (secondary N) is 1. The number of para-hydroxylation sites is 1. The van der Waals surface area contributed by atoms with Crippen LogP contribution in [0.2, 0.25) is 0 Å². The van der Waals surface area contributed by atoms with Crippen LogP contribution in [0.5, 0.6) is 23.0 Å². The summed E-state index contributed by atoms with van der Waals surface area (Å²) >= 11 is 0. The average Bonchev–Trinajstić information content (AvgIpc) is 2.79. The first-order valence-corrected chi connectivity index (χ1v) is 9.11. The van der Waals surface area contributed by atoms with Crippen molar-refractivity contribution in [3.63, 3.8) is 0 Å². The van der Waals surface area contributed by atoms with E-state index in [0.29, 0.717) is 22.7 Å². The molecular weight excluding hydrogens is 386 g/mol. The van der Waals surface area contributed by atoms with Crippen molar-refractivity contribution >= 4 is 17.6 Å². The molecule has 154 valence electrons. The molecule has 0 atom stereocenters. The monoisotopic (exact) mass is 407 g/mol. The van der Waals surface area contributed by atoms with Crippen molar-refractivity contribution in [1.29, 1.82) is 0 Å². The van der Waals surface area contributed by atoms with E-state index in [4.69, 9.17) is 14.2 Å². The molecule has 0 fully saturated rings. The Morgan fingerprint density at radius 2 is 1.53 bits per heavy atom. The number of anilines is 1. The van der Waals surface area contributed by atoms with Gasteiger partial charge in [-0.3, -0.25) is 4.79 Å². The predicted molar refractivity (Wildman–Crippen MR) is 111 cm³/mol. The summed E-state index contributed by atoms with van der Waals surface area (Å²) in [6, 6.07) is 21.1. The Kier molecular flexibility index (Phi) is 6.89. The molecule has 0 unspecified atom stereocenters. The van der Waals surface area contributed by atoms with Crippen LogP contribution in [-0.4, -0.2) is 32.7 Å². The maximum Gasteiger partial charge on any atom is 0.343 e. The summed E-state index contributed by atoms with van der Waals surface area (Å²) in [6.07, 6.45) is 0. The van der Waals surface area contributed by atoms with Gasteiger partial charge in [0.2, 0.25) is 0 Å². The molecule has 0 spiro atoms. The minimum atomic E-state index is -0.537. The molecule has 0 saturated carbocycles. The van der Waals surface area contributed by atoms with Crippen LogP contribution < -0.4 is 19.5 Å². The van der Waals surface area contributed by atoms with E-state index in [-0.39, 0.29) is 18.3 Å². The molecule has 0 aromatic heterocycles. The van der Waals surface area contributed by atoms with E-state index in [2.05, 4.69) is 10.1 Å². The van der Waals surface area contributed by atoms with Crippen molar-refractivity contribution in [3.05, 3.63) is 78.4 Å². The van der Waals surface area contributed by atoms with Gasteiger partial charge in [-0.2, -0.15) is 0 Å². The third-order valence-electron chi connectivity index (χ3n) is 4.09. The molecule has 1 amide bonds. The van der Waals surface area contributed by atoms with E-state index >= 15 is 0 Å². The molecule has 0 aliphatic carbocycles. The van der Waals surface area contributed by atoms with Gasteiger partial charge >= 0.3 is 5.97 Å². The van der Waals surface area contributed by atoms with Crippen molar-refractivity contribution in [2.24, 2.45) is 0 Å². The molecular formula is C23H21NO6. The van der Waals surface area contributed by atoms with Gasteiger partial charge in [0.05, 0.1) is 14.2 Å². The van der Waals surface area contributed by atoms with Crippen LogP contribution in [0, 0.1) is 0 Å². The summed E-state index contributed by atoms with van der Waals surface area (Å²) in [4.78, 5) is 23.9. The number of hydrogen-bond donors (Lipinski definition) is 1. The van der Waals surface area contributed by atoms with Crippen molar-refractivity contribution in [3.8, 4) is 23.0 Å². The summed E-state index contributed by atoms with van der Waals surface area (Å²) in [5.41, 5.74) is 0.952. The van der Waals surface area contributed by atoms with Crippen molar-refractivity contribution < 1.29 is 28.5 Å². The van der Waals surface area contributed by atoms with Crippen LogP contribution >= 0.6 is 0 Å². The maximum atomic E-state index is 12.6. The van der Waals surface area contributed by atoms with Crippen LogP contribution in [0.15, 0.2) is 72.8 Å². The van der Waals surface area contributed by atoms with Gasteiger partial charge in [-0.25, -0.2) is 4.79 Å². The van der Waals surface area contributed by atoms with Gasteiger partial charge in [0, 0.05) is 11.3 Å². The lowest BCUT2D eigenvalue weighted by molar-refractivity contribution is -0.142. The largest absolute Gasteiger partial charge is 0.493 e. The first kappa shape index (κ1) is 20.7. The lowest BCUT2D eigenvalue weighted by Gasteiger charge is -2.12. The fourth-order valence-corrected chi connectivity index (χ4v) is 2.56. The van der Waals surface area contributed by atoms with Crippen LogP contribution in [0.25, 0.3) is 0 Å². The molecule has 3 aromatic carbocycles. The highest BCUT2D eigenvalue weighted by atomic mass is 16.6. The molecule has 0 heterocycles. The summed E-state index contributed by atoms with van der Waals surface area (Å²) < 4.78 is 20.9. The zero-order valence-electron chi connectivity index (χ0n) is 16.6. The quantitative estimate of drug-likeness (QED) is 0.561. The van der Waals surface area contributed by atoms with Crippen molar-refractivity contribution in [2.75, 3.05) is 26.1 Å². The van der Waals surface area contributed by atoms with Crippen LogP contribution in [0.3, 0.4) is 0 Å². The Balaban J connectivity index is 1.67. The average molecular weight is 407 g/mol. The molecule has 30 heavy (non-hydrogen) atoms. The number of methoxy groups -OCH3 is 2. The molecule has 1 N–H and O–H groups in total. The van der Waals surface area contributed by atoms with Crippen molar-refractivity contribution in [2.45, 2.75) is 0 Å². The van der Waals surface area contributed by atoms with Crippen LogP contribution in [0.4, 0.5) is 5.69 Å². The summed E-state index contributed by atoms with van der Waals surface area (Å²) in [5, 5.41) is 2.81. The topological polar surface area (TPSA) is 83.1 Å². The Hall–Kier alpha value is -4.00. The van der Waals surface area contributed by atoms with Gasteiger partial charge in [0.25, 0.3) is 5.91 Å².